The first kappa shape index (κ1) is 12.1. The predicted octanol–water partition coefficient (Wildman–Crippen LogP) is 2.60. The number of nitrogens with zero attached hydrogens (tertiary/aromatic N) is 1. The minimum atomic E-state index is -0.163. The summed E-state index contributed by atoms with van der Waals surface area (Å²) in [7, 11) is 0. The quantitative estimate of drug-likeness (QED) is 0.926. The van der Waals surface area contributed by atoms with E-state index in [1.807, 2.05) is 18.2 Å². The van der Waals surface area contributed by atoms with Gasteiger partial charge in [0.1, 0.15) is 5.52 Å². The highest BCUT2D eigenvalue weighted by Gasteiger charge is 2.37. The van der Waals surface area contributed by atoms with Crippen LogP contribution in [0.25, 0.3) is 11.1 Å². The smallest absolute Gasteiger partial charge is 0.203 e. The molecule has 3 rings (SSSR count). The lowest BCUT2D eigenvalue weighted by Gasteiger charge is -2.32. The van der Waals surface area contributed by atoms with E-state index in [0.29, 0.717) is 6.54 Å². The van der Waals surface area contributed by atoms with Crippen molar-refractivity contribution < 1.29 is 9.15 Å². The van der Waals surface area contributed by atoms with E-state index < -0.39 is 0 Å². The average molecular weight is 311 g/mol. The Balaban J connectivity index is 2.06. The molecule has 0 amide bonds. The number of oxazole rings is 1. The van der Waals surface area contributed by atoms with E-state index in [9.17, 15) is 0 Å². The number of nitrogens with two attached hydrogens (primary N) is 1. The van der Waals surface area contributed by atoms with Gasteiger partial charge in [-0.1, -0.05) is 15.9 Å². The Hall–Kier alpha value is -0.910. The molecule has 0 radical (unpaired) electrons. The van der Waals surface area contributed by atoms with E-state index >= 15 is 0 Å². The average Bonchev–Trinajstić information content (AvgIpc) is 2.83. The molecule has 0 saturated carbocycles. The molecule has 5 heteroatoms. The summed E-state index contributed by atoms with van der Waals surface area (Å²) >= 11 is 3.44. The largest absolute Gasteiger partial charge is 0.440 e. The van der Waals surface area contributed by atoms with E-state index in [-0.39, 0.29) is 5.41 Å². The van der Waals surface area contributed by atoms with Gasteiger partial charge in [0.25, 0.3) is 0 Å². The van der Waals surface area contributed by atoms with E-state index in [2.05, 4.69) is 20.9 Å². The van der Waals surface area contributed by atoms with Crippen LogP contribution in [0.5, 0.6) is 0 Å². The summed E-state index contributed by atoms with van der Waals surface area (Å²) in [4.78, 5) is 4.61. The Kier molecular flexibility index (Phi) is 3.13. The zero-order valence-corrected chi connectivity index (χ0v) is 11.6. The molecule has 0 unspecified atom stereocenters. The molecule has 18 heavy (non-hydrogen) atoms. The fourth-order valence-electron chi connectivity index (χ4n) is 2.39. The first-order valence-electron chi connectivity index (χ1n) is 6.08. The van der Waals surface area contributed by atoms with Crippen LogP contribution < -0.4 is 5.73 Å². The van der Waals surface area contributed by atoms with Gasteiger partial charge in [0.15, 0.2) is 5.58 Å². The van der Waals surface area contributed by atoms with Crippen LogP contribution in [0.1, 0.15) is 18.7 Å². The van der Waals surface area contributed by atoms with Gasteiger partial charge in [-0.3, -0.25) is 0 Å². The summed E-state index contributed by atoms with van der Waals surface area (Å²) in [5, 5.41) is 0. The van der Waals surface area contributed by atoms with Crippen molar-refractivity contribution in [1.29, 1.82) is 0 Å². The van der Waals surface area contributed by atoms with Crippen LogP contribution in [-0.2, 0) is 10.2 Å². The second-order valence-electron chi connectivity index (χ2n) is 4.73. The molecule has 0 spiro atoms. The van der Waals surface area contributed by atoms with Crippen molar-refractivity contribution in [2.24, 2.45) is 5.73 Å². The van der Waals surface area contributed by atoms with Crippen LogP contribution >= 0.6 is 15.9 Å². The van der Waals surface area contributed by atoms with Crippen molar-refractivity contribution in [3.8, 4) is 0 Å². The first-order chi connectivity index (χ1) is 8.73. The molecule has 1 saturated heterocycles. The molecular formula is C13H15BrN2O2. The zero-order valence-electron chi connectivity index (χ0n) is 9.99. The first-order valence-corrected chi connectivity index (χ1v) is 6.87. The molecule has 1 aliphatic rings. The Morgan fingerprint density at radius 3 is 2.83 bits per heavy atom. The van der Waals surface area contributed by atoms with Crippen LogP contribution in [0.4, 0.5) is 0 Å². The van der Waals surface area contributed by atoms with E-state index in [1.165, 1.54) is 0 Å². The Morgan fingerprint density at radius 1 is 1.33 bits per heavy atom. The van der Waals surface area contributed by atoms with Gasteiger partial charge in [-0.25, -0.2) is 4.98 Å². The van der Waals surface area contributed by atoms with Crippen molar-refractivity contribution in [3.63, 3.8) is 0 Å². The summed E-state index contributed by atoms with van der Waals surface area (Å²) in [6.45, 7) is 1.99. The van der Waals surface area contributed by atoms with Gasteiger partial charge in [-0.05, 0) is 31.0 Å². The van der Waals surface area contributed by atoms with Gasteiger partial charge >= 0.3 is 0 Å². The van der Waals surface area contributed by atoms with Crippen LogP contribution in [-0.4, -0.2) is 24.7 Å². The molecule has 4 nitrogen and oxygen atoms in total. The minimum Gasteiger partial charge on any atom is -0.440 e. The molecule has 0 aliphatic carbocycles. The highest BCUT2D eigenvalue weighted by atomic mass is 79.9. The SMILES string of the molecule is NCC1(c2nc3cc(Br)ccc3o2)CCOCC1. The van der Waals surface area contributed by atoms with Crippen LogP contribution in [0, 0.1) is 0 Å². The zero-order chi connectivity index (χ0) is 12.6. The predicted molar refractivity (Wildman–Crippen MR) is 72.5 cm³/mol. The fourth-order valence-corrected chi connectivity index (χ4v) is 2.74. The molecule has 96 valence electrons. The molecule has 2 heterocycles. The van der Waals surface area contributed by atoms with Crippen LogP contribution in [0.2, 0.25) is 0 Å². The minimum absolute atomic E-state index is 0.163. The summed E-state index contributed by atoms with van der Waals surface area (Å²) in [6.07, 6.45) is 1.75. The van der Waals surface area contributed by atoms with Crippen molar-refractivity contribution >= 4 is 27.0 Å². The van der Waals surface area contributed by atoms with Gasteiger partial charge < -0.3 is 14.9 Å². The third kappa shape index (κ3) is 1.96. The molecular weight excluding hydrogens is 296 g/mol. The Morgan fingerprint density at radius 2 is 2.11 bits per heavy atom. The third-order valence-corrected chi connectivity index (χ3v) is 4.14. The van der Waals surface area contributed by atoms with E-state index in [4.69, 9.17) is 14.9 Å². The number of benzene rings is 1. The van der Waals surface area contributed by atoms with E-state index in [0.717, 1.165) is 47.5 Å². The lowest BCUT2D eigenvalue weighted by atomic mass is 9.80. The van der Waals surface area contributed by atoms with Gasteiger partial charge in [0, 0.05) is 24.2 Å². The van der Waals surface area contributed by atoms with Gasteiger partial charge in [0.2, 0.25) is 5.89 Å². The van der Waals surface area contributed by atoms with E-state index in [1.54, 1.807) is 0 Å². The van der Waals surface area contributed by atoms with Gasteiger partial charge in [-0.15, -0.1) is 0 Å². The Labute approximate surface area is 114 Å². The number of aromatic nitrogens is 1. The van der Waals surface area contributed by atoms with Crippen LogP contribution in [0.3, 0.4) is 0 Å². The van der Waals surface area contributed by atoms with Crippen molar-refractivity contribution in [2.45, 2.75) is 18.3 Å². The third-order valence-electron chi connectivity index (χ3n) is 3.64. The number of ether oxygens (including phenoxy) is 1. The molecule has 1 aliphatic heterocycles. The summed E-state index contributed by atoms with van der Waals surface area (Å²) in [5.41, 5.74) is 7.48. The topological polar surface area (TPSA) is 61.3 Å². The highest BCUT2D eigenvalue weighted by Crippen LogP contribution is 2.35. The number of halogens is 1. The van der Waals surface area contributed by atoms with Gasteiger partial charge in [0.05, 0.1) is 5.41 Å². The number of rotatable bonds is 2. The van der Waals surface area contributed by atoms with Crippen molar-refractivity contribution in [3.05, 3.63) is 28.6 Å². The number of hydrogen-bond acceptors (Lipinski definition) is 4. The maximum Gasteiger partial charge on any atom is 0.203 e. The number of fused-ring (bicyclic) bond motifs is 1. The normalized spacial score (nSPS) is 19.2. The summed E-state index contributed by atoms with van der Waals surface area (Å²) < 4.78 is 12.3. The van der Waals surface area contributed by atoms with Crippen molar-refractivity contribution in [1.82, 2.24) is 4.98 Å². The van der Waals surface area contributed by atoms with Gasteiger partial charge in [-0.2, -0.15) is 0 Å². The maximum absolute atomic E-state index is 5.96. The Bertz CT molecular complexity index is 561. The number of hydrogen-bond donors (Lipinski definition) is 1. The second kappa shape index (κ2) is 4.64. The van der Waals surface area contributed by atoms with Crippen LogP contribution in [0.15, 0.2) is 27.1 Å². The molecule has 0 atom stereocenters. The fraction of sp³-hybridized carbons (Fsp3) is 0.462. The second-order valence-corrected chi connectivity index (χ2v) is 5.64. The highest BCUT2D eigenvalue weighted by molar-refractivity contribution is 9.10. The molecule has 1 aromatic carbocycles. The molecule has 1 aromatic heterocycles. The molecule has 2 aromatic rings. The molecule has 2 N–H and O–H groups in total. The molecule has 1 fully saturated rings. The maximum atomic E-state index is 5.96. The standard InChI is InChI=1S/C13H15BrN2O2/c14-9-1-2-11-10(7-9)16-12(18-11)13(8-15)3-5-17-6-4-13/h1-2,7H,3-6,8,15H2. The molecule has 0 bridgehead atoms. The summed E-state index contributed by atoms with van der Waals surface area (Å²) in [6, 6.07) is 5.85. The monoisotopic (exact) mass is 310 g/mol. The van der Waals surface area contributed by atoms with Crippen molar-refractivity contribution in [2.75, 3.05) is 19.8 Å². The summed E-state index contributed by atoms with van der Waals surface area (Å²) in [5.74, 6) is 0.751. The lowest BCUT2D eigenvalue weighted by Crippen LogP contribution is -2.40. The lowest BCUT2D eigenvalue weighted by molar-refractivity contribution is 0.0438.